The van der Waals surface area contributed by atoms with E-state index in [0.29, 0.717) is 21.6 Å². The Bertz CT molecular complexity index is 571. The number of hydrogen-bond donors (Lipinski definition) is 1. The van der Waals surface area contributed by atoms with E-state index in [0.717, 1.165) is 24.4 Å². The number of aryl methyl sites for hydroxylation is 1. The van der Waals surface area contributed by atoms with Crippen molar-refractivity contribution in [1.29, 1.82) is 0 Å². The molecule has 1 aromatic heterocycles. The van der Waals surface area contributed by atoms with E-state index in [1.54, 1.807) is 6.07 Å². The Balaban J connectivity index is 2.00. The van der Waals surface area contributed by atoms with Crippen molar-refractivity contribution in [2.24, 2.45) is 0 Å². The molecule has 0 atom stereocenters. The predicted molar refractivity (Wildman–Crippen MR) is 81.8 cm³/mol. The molecule has 0 amide bonds. The van der Waals surface area contributed by atoms with Gasteiger partial charge in [0, 0.05) is 23.0 Å². The number of halogens is 2. The second-order valence-electron chi connectivity index (χ2n) is 4.84. The monoisotopic (exact) mass is 313 g/mol. The minimum atomic E-state index is -0.321. The first-order valence-corrected chi connectivity index (χ1v) is 7.77. The summed E-state index contributed by atoms with van der Waals surface area (Å²) in [5.41, 5.74) is 0.418. The standard InChI is InChI=1S/C14H17ClFN3S/c1-9(2)17-7-3-4-13-18-19-14(20-13)11-8-10(15)5-6-12(11)16/h5-6,8-9,17H,3-4,7H2,1-2H3. The van der Waals surface area contributed by atoms with Gasteiger partial charge in [-0.25, -0.2) is 4.39 Å². The van der Waals surface area contributed by atoms with E-state index >= 15 is 0 Å². The highest BCUT2D eigenvalue weighted by Crippen LogP contribution is 2.28. The zero-order valence-corrected chi connectivity index (χ0v) is 13.1. The lowest BCUT2D eigenvalue weighted by molar-refractivity contribution is 0.569. The topological polar surface area (TPSA) is 37.8 Å². The molecular weight excluding hydrogens is 297 g/mol. The van der Waals surface area contributed by atoms with E-state index in [9.17, 15) is 4.39 Å². The molecule has 0 aliphatic rings. The van der Waals surface area contributed by atoms with Crippen LogP contribution in [0.5, 0.6) is 0 Å². The van der Waals surface area contributed by atoms with Crippen LogP contribution in [0.15, 0.2) is 18.2 Å². The van der Waals surface area contributed by atoms with E-state index < -0.39 is 0 Å². The van der Waals surface area contributed by atoms with Gasteiger partial charge in [0.15, 0.2) is 5.01 Å². The molecule has 2 rings (SSSR count). The summed E-state index contributed by atoms with van der Waals surface area (Å²) in [6, 6.07) is 4.95. The van der Waals surface area contributed by atoms with Crippen LogP contribution in [0.4, 0.5) is 4.39 Å². The van der Waals surface area contributed by atoms with Gasteiger partial charge in [0.05, 0.1) is 0 Å². The first kappa shape index (κ1) is 15.4. The first-order valence-electron chi connectivity index (χ1n) is 6.57. The van der Waals surface area contributed by atoms with Crippen molar-refractivity contribution in [1.82, 2.24) is 15.5 Å². The summed E-state index contributed by atoms with van der Waals surface area (Å²) < 4.78 is 13.7. The molecule has 3 nitrogen and oxygen atoms in total. The third kappa shape index (κ3) is 4.23. The molecule has 1 heterocycles. The van der Waals surface area contributed by atoms with E-state index in [-0.39, 0.29) is 5.82 Å². The van der Waals surface area contributed by atoms with E-state index in [2.05, 4.69) is 29.4 Å². The van der Waals surface area contributed by atoms with Gasteiger partial charge >= 0.3 is 0 Å². The number of benzene rings is 1. The number of hydrogen-bond acceptors (Lipinski definition) is 4. The van der Waals surface area contributed by atoms with Crippen LogP contribution in [-0.2, 0) is 6.42 Å². The van der Waals surface area contributed by atoms with Gasteiger partial charge in [-0.05, 0) is 31.2 Å². The maximum Gasteiger partial charge on any atom is 0.150 e. The predicted octanol–water partition coefficient (Wildman–Crippen LogP) is 3.93. The van der Waals surface area contributed by atoms with Crippen LogP contribution in [0.2, 0.25) is 5.02 Å². The van der Waals surface area contributed by atoms with Crippen LogP contribution < -0.4 is 5.32 Å². The maximum absolute atomic E-state index is 13.7. The quantitative estimate of drug-likeness (QED) is 0.821. The van der Waals surface area contributed by atoms with Crippen LogP contribution in [0.25, 0.3) is 10.6 Å². The van der Waals surface area contributed by atoms with Crippen molar-refractivity contribution in [2.75, 3.05) is 6.54 Å². The fourth-order valence-electron chi connectivity index (χ4n) is 1.76. The number of nitrogens with one attached hydrogen (secondary N) is 1. The van der Waals surface area contributed by atoms with Gasteiger partial charge in [0.25, 0.3) is 0 Å². The lowest BCUT2D eigenvalue weighted by Crippen LogP contribution is -2.23. The summed E-state index contributed by atoms with van der Waals surface area (Å²) in [5.74, 6) is -0.321. The zero-order valence-electron chi connectivity index (χ0n) is 11.5. The summed E-state index contributed by atoms with van der Waals surface area (Å²) >= 11 is 7.31. The highest BCUT2D eigenvalue weighted by molar-refractivity contribution is 7.14. The van der Waals surface area contributed by atoms with Crippen molar-refractivity contribution in [2.45, 2.75) is 32.7 Å². The number of aromatic nitrogens is 2. The Labute approximate surface area is 127 Å². The molecule has 0 spiro atoms. The van der Waals surface area contributed by atoms with Gasteiger partial charge in [0.2, 0.25) is 0 Å². The minimum absolute atomic E-state index is 0.321. The third-order valence-electron chi connectivity index (χ3n) is 2.75. The molecule has 0 fully saturated rings. The molecule has 6 heteroatoms. The summed E-state index contributed by atoms with van der Waals surface area (Å²) in [4.78, 5) is 0. The summed E-state index contributed by atoms with van der Waals surface area (Å²) in [6.07, 6.45) is 1.84. The molecule has 2 aromatic rings. The fourth-order valence-corrected chi connectivity index (χ4v) is 2.83. The molecule has 0 saturated carbocycles. The van der Waals surface area contributed by atoms with Crippen LogP contribution in [0.1, 0.15) is 25.3 Å². The first-order chi connectivity index (χ1) is 9.56. The molecule has 1 aromatic carbocycles. The smallest absolute Gasteiger partial charge is 0.150 e. The third-order valence-corrected chi connectivity index (χ3v) is 4.00. The van der Waals surface area contributed by atoms with Crippen LogP contribution in [0, 0.1) is 5.82 Å². The average molecular weight is 314 g/mol. The highest BCUT2D eigenvalue weighted by atomic mass is 35.5. The molecule has 0 unspecified atom stereocenters. The lowest BCUT2D eigenvalue weighted by atomic mass is 10.2. The molecule has 1 N–H and O–H groups in total. The van der Waals surface area contributed by atoms with Gasteiger partial charge in [-0.1, -0.05) is 36.8 Å². The Morgan fingerprint density at radius 2 is 2.15 bits per heavy atom. The Kier molecular flexibility index (Phi) is 5.46. The van der Waals surface area contributed by atoms with E-state index in [4.69, 9.17) is 11.6 Å². The number of nitrogens with zero attached hydrogens (tertiary/aromatic N) is 2. The largest absolute Gasteiger partial charge is 0.315 e. The molecule has 0 radical (unpaired) electrons. The maximum atomic E-state index is 13.7. The molecule has 0 bridgehead atoms. The molecule has 108 valence electrons. The van der Waals surface area contributed by atoms with Crippen LogP contribution in [-0.4, -0.2) is 22.8 Å². The van der Waals surface area contributed by atoms with E-state index in [1.165, 1.54) is 23.5 Å². The summed E-state index contributed by atoms with van der Waals surface area (Å²) in [7, 11) is 0. The zero-order chi connectivity index (χ0) is 14.5. The van der Waals surface area contributed by atoms with Crippen LogP contribution in [0.3, 0.4) is 0 Å². The second-order valence-corrected chi connectivity index (χ2v) is 6.34. The van der Waals surface area contributed by atoms with Crippen molar-refractivity contribution in [3.8, 4) is 10.6 Å². The van der Waals surface area contributed by atoms with Gasteiger partial charge in [-0.3, -0.25) is 0 Å². The fraction of sp³-hybridized carbons (Fsp3) is 0.429. The Hall–Kier alpha value is -1.04. The molecule has 0 aliphatic carbocycles. The second kappa shape index (κ2) is 7.11. The Morgan fingerprint density at radius 1 is 1.35 bits per heavy atom. The van der Waals surface area contributed by atoms with Gasteiger partial charge in [0.1, 0.15) is 10.8 Å². The Morgan fingerprint density at radius 3 is 2.90 bits per heavy atom. The SMILES string of the molecule is CC(C)NCCCc1nnc(-c2cc(Cl)ccc2F)s1. The summed E-state index contributed by atoms with van der Waals surface area (Å²) in [5, 5.41) is 13.5. The van der Waals surface area contributed by atoms with Gasteiger partial charge in [-0.2, -0.15) is 0 Å². The highest BCUT2D eigenvalue weighted by Gasteiger charge is 2.11. The molecule has 0 aliphatic heterocycles. The normalized spacial score (nSPS) is 11.2. The van der Waals surface area contributed by atoms with Crippen molar-refractivity contribution >= 4 is 22.9 Å². The van der Waals surface area contributed by atoms with Crippen molar-refractivity contribution in [3.63, 3.8) is 0 Å². The molecule has 20 heavy (non-hydrogen) atoms. The van der Waals surface area contributed by atoms with Gasteiger partial charge < -0.3 is 5.32 Å². The molecular formula is C14H17ClFN3S. The van der Waals surface area contributed by atoms with Crippen molar-refractivity contribution in [3.05, 3.63) is 34.0 Å². The average Bonchev–Trinajstić information content (AvgIpc) is 2.86. The van der Waals surface area contributed by atoms with E-state index in [1.807, 2.05) is 0 Å². The minimum Gasteiger partial charge on any atom is -0.315 e. The lowest BCUT2D eigenvalue weighted by Gasteiger charge is -2.05. The van der Waals surface area contributed by atoms with Crippen LogP contribution >= 0.6 is 22.9 Å². The summed E-state index contributed by atoms with van der Waals surface area (Å²) in [6.45, 7) is 5.17. The van der Waals surface area contributed by atoms with Gasteiger partial charge in [-0.15, -0.1) is 10.2 Å². The number of rotatable bonds is 6. The van der Waals surface area contributed by atoms with Crippen molar-refractivity contribution < 1.29 is 4.39 Å². The molecule has 0 saturated heterocycles.